The van der Waals surface area contributed by atoms with Gasteiger partial charge in [-0.1, -0.05) is 13.3 Å². The van der Waals surface area contributed by atoms with E-state index in [9.17, 15) is 9.18 Å². The molecule has 0 saturated heterocycles. The topological polar surface area (TPSA) is 38.3 Å². The summed E-state index contributed by atoms with van der Waals surface area (Å²) in [6.07, 6.45) is 1.27. The fourth-order valence-electron chi connectivity index (χ4n) is 0.643. The van der Waals surface area contributed by atoms with Crippen LogP contribution in [0.5, 0.6) is 0 Å². The monoisotopic (exact) mass is 191 g/mol. The number of amides is 1. The minimum Gasteiger partial charge on any atom is -0.450 e. The third-order valence-corrected chi connectivity index (χ3v) is 1.38. The maximum absolute atomic E-state index is 12.9. The molecular formula is C9H18FNO2. The first-order chi connectivity index (χ1) is 5.95. The van der Waals surface area contributed by atoms with Gasteiger partial charge in [-0.25, -0.2) is 9.18 Å². The number of alkyl halides is 1. The van der Waals surface area contributed by atoms with Crippen molar-refractivity contribution in [1.29, 1.82) is 0 Å². The second-order valence-electron chi connectivity index (χ2n) is 3.56. The molecule has 0 aliphatic rings. The molecule has 0 aliphatic carbocycles. The van der Waals surface area contributed by atoms with Gasteiger partial charge in [0.05, 0.1) is 13.2 Å². The van der Waals surface area contributed by atoms with Crippen LogP contribution in [0.15, 0.2) is 0 Å². The molecule has 0 rings (SSSR count). The van der Waals surface area contributed by atoms with Crippen molar-refractivity contribution in [3.8, 4) is 0 Å². The molecular weight excluding hydrogens is 173 g/mol. The number of ether oxygens (including phenoxy) is 1. The fraction of sp³-hybridized carbons (Fsp3) is 0.889. The van der Waals surface area contributed by atoms with Gasteiger partial charge in [0.15, 0.2) is 0 Å². The molecule has 0 bridgehead atoms. The molecule has 0 aromatic heterocycles. The number of hydrogen-bond acceptors (Lipinski definition) is 2. The van der Waals surface area contributed by atoms with E-state index in [4.69, 9.17) is 4.74 Å². The molecule has 0 fully saturated rings. The maximum Gasteiger partial charge on any atom is 0.407 e. The van der Waals surface area contributed by atoms with Crippen molar-refractivity contribution < 1.29 is 13.9 Å². The fourth-order valence-corrected chi connectivity index (χ4v) is 0.643. The zero-order valence-corrected chi connectivity index (χ0v) is 8.52. The quantitative estimate of drug-likeness (QED) is 0.677. The van der Waals surface area contributed by atoms with Crippen molar-refractivity contribution in [3.63, 3.8) is 0 Å². The lowest BCUT2D eigenvalue weighted by Gasteiger charge is -2.14. The Hall–Kier alpha value is -0.800. The number of rotatable bonds is 5. The summed E-state index contributed by atoms with van der Waals surface area (Å²) in [5.74, 6) is 0. The van der Waals surface area contributed by atoms with Crippen LogP contribution in [-0.4, -0.2) is 24.9 Å². The summed E-state index contributed by atoms with van der Waals surface area (Å²) in [6.45, 7) is 5.19. The van der Waals surface area contributed by atoms with E-state index < -0.39 is 11.8 Å². The molecule has 0 saturated carbocycles. The average Bonchev–Trinajstić information content (AvgIpc) is 2.00. The Morgan fingerprint density at radius 1 is 1.54 bits per heavy atom. The van der Waals surface area contributed by atoms with Gasteiger partial charge in [0.2, 0.25) is 0 Å². The van der Waals surface area contributed by atoms with Crippen molar-refractivity contribution >= 4 is 6.09 Å². The second kappa shape index (κ2) is 5.78. The van der Waals surface area contributed by atoms with Gasteiger partial charge in [0.25, 0.3) is 0 Å². The average molecular weight is 191 g/mol. The van der Waals surface area contributed by atoms with Crippen molar-refractivity contribution in [3.05, 3.63) is 0 Å². The van der Waals surface area contributed by atoms with E-state index in [0.717, 1.165) is 12.8 Å². The van der Waals surface area contributed by atoms with Gasteiger partial charge in [-0.3, -0.25) is 0 Å². The number of unbranched alkanes of at least 4 members (excludes halogenated alkanes) is 1. The Kier molecular flexibility index (Phi) is 5.42. The van der Waals surface area contributed by atoms with Gasteiger partial charge in [0.1, 0.15) is 5.67 Å². The smallest absolute Gasteiger partial charge is 0.407 e. The molecule has 0 spiro atoms. The van der Waals surface area contributed by atoms with E-state index >= 15 is 0 Å². The van der Waals surface area contributed by atoms with Crippen LogP contribution in [0.1, 0.15) is 33.6 Å². The molecule has 0 unspecified atom stereocenters. The Balaban J connectivity index is 3.41. The first-order valence-electron chi connectivity index (χ1n) is 4.55. The number of alkyl carbamates (subject to hydrolysis) is 1. The predicted octanol–water partition coefficient (Wildman–Crippen LogP) is 2.26. The van der Waals surface area contributed by atoms with Crippen LogP contribution >= 0.6 is 0 Å². The Bertz CT molecular complexity index is 154. The molecule has 1 amide bonds. The van der Waals surface area contributed by atoms with Crippen molar-refractivity contribution in [2.75, 3.05) is 13.2 Å². The Morgan fingerprint density at radius 2 is 2.15 bits per heavy atom. The van der Waals surface area contributed by atoms with E-state index in [1.165, 1.54) is 13.8 Å². The third kappa shape index (κ3) is 9.11. The van der Waals surface area contributed by atoms with Crippen LogP contribution in [0.2, 0.25) is 0 Å². The number of carbonyl (C=O) groups excluding carboxylic acids is 1. The highest BCUT2D eigenvalue weighted by molar-refractivity contribution is 5.67. The standard InChI is InChI=1S/C9H18FNO2/c1-4-5-6-13-8(12)11-7-9(2,3)10/h4-7H2,1-3H3,(H,11,12). The SMILES string of the molecule is CCCCOC(=O)NCC(C)(C)F. The molecule has 0 aromatic carbocycles. The zero-order chi connectivity index (χ0) is 10.3. The molecule has 0 atom stereocenters. The first-order valence-corrected chi connectivity index (χ1v) is 4.55. The molecule has 0 aliphatic heterocycles. The minimum absolute atomic E-state index is 0.0159. The van der Waals surface area contributed by atoms with Gasteiger partial charge in [-0.05, 0) is 20.3 Å². The van der Waals surface area contributed by atoms with Crippen LogP contribution in [0.25, 0.3) is 0 Å². The molecule has 4 heteroatoms. The molecule has 0 aromatic rings. The summed E-state index contributed by atoms with van der Waals surface area (Å²) in [6, 6.07) is 0. The lowest BCUT2D eigenvalue weighted by molar-refractivity contribution is 0.133. The number of halogens is 1. The number of nitrogens with one attached hydrogen (secondary N) is 1. The van der Waals surface area contributed by atoms with E-state index in [1.807, 2.05) is 6.92 Å². The van der Waals surface area contributed by atoms with Crippen LogP contribution in [0.3, 0.4) is 0 Å². The summed E-state index contributed by atoms with van der Waals surface area (Å²) in [5, 5.41) is 2.35. The van der Waals surface area contributed by atoms with Gasteiger partial charge in [-0.2, -0.15) is 0 Å². The highest BCUT2D eigenvalue weighted by Crippen LogP contribution is 2.05. The van der Waals surface area contributed by atoms with Gasteiger partial charge < -0.3 is 10.1 Å². The van der Waals surface area contributed by atoms with E-state index in [2.05, 4.69) is 5.32 Å². The van der Waals surface area contributed by atoms with Crippen molar-refractivity contribution in [2.24, 2.45) is 0 Å². The highest BCUT2D eigenvalue weighted by Gasteiger charge is 2.16. The minimum atomic E-state index is -1.39. The Morgan fingerprint density at radius 3 is 2.62 bits per heavy atom. The lowest BCUT2D eigenvalue weighted by atomic mass is 10.2. The van der Waals surface area contributed by atoms with E-state index in [-0.39, 0.29) is 6.54 Å². The molecule has 1 N–H and O–H groups in total. The van der Waals surface area contributed by atoms with Crippen molar-refractivity contribution in [1.82, 2.24) is 5.32 Å². The summed E-state index contributed by atoms with van der Waals surface area (Å²) in [7, 11) is 0. The second-order valence-corrected chi connectivity index (χ2v) is 3.56. The summed E-state index contributed by atoms with van der Waals surface area (Å²) in [5.41, 5.74) is -1.39. The Labute approximate surface area is 78.6 Å². The summed E-state index contributed by atoms with van der Waals surface area (Å²) < 4.78 is 17.6. The zero-order valence-electron chi connectivity index (χ0n) is 8.52. The van der Waals surface area contributed by atoms with Crippen LogP contribution in [-0.2, 0) is 4.74 Å². The number of carbonyl (C=O) groups is 1. The normalized spacial score (nSPS) is 11.1. The summed E-state index contributed by atoms with van der Waals surface area (Å²) in [4.78, 5) is 10.9. The van der Waals surface area contributed by atoms with E-state index in [1.54, 1.807) is 0 Å². The first kappa shape index (κ1) is 12.2. The van der Waals surface area contributed by atoms with Crippen LogP contribution < -0.4 is 5.32 Å². The summed E-state index contributed by atoms with van der Waals surface area (Å²) >= 11 is 0. The van der Waals surface area contributed by atoms with Gasteiger partial charge in [0, 0.05) is 0 Å². The largest absolute Gasteiger partial charge is 0.450 e. The molecule has 0 radical (unpaired) electrons. The van der Waals surface area contributed by atoms with Crippen LogP contribution in [0, 0.1) is 0 Å². The van der Waals surface area contributed by atoms with E-state index in [0.29, 0.717) is 6.61 Å². The van der Waals surface area contributed by atoms with Crippen molar-refractivity contribution in [2.45, 2.75) is 39.3 Å². The predicted molar refractivity (Wildman–Crippen MR) is 49.4 cm³/mol. The molecule has 0 heterocycles. The molecule has 3 nitrogen and oxygen atoms in total. The van der Waals surface area contributed by atoms with Crippen LogP contribution in [0.4, 0.5) is 9.18 Å². The molecule has 13 heavy (non-hydrogen) atoms. The van der Waals surface area contributed by atoms with Gasteiger partial charge >= 0.3 is 6.09 Å². The third-order valence-electron chi connectivity index (χ3n) is 1.38. The number of hydrogen-bond donors (Lipinski definition) is 1. The highest BCUT2D eigenvalue weighted by atomic mass is 19.1. The maximum atomic E-state index is 12.9. The lowest BCUT2D eigenvalue weighted by Crippen LogP contribution is -2.35. The van der Waals surface area contributed by atoms with Gasteiger partial charge in [-0.15, -0.1) is 0 Å². The molecule has 78 valence electrons.